The first-order valence-electron chi connectivity index (χ1n) is 9.36. The van der Waals surface area contributed by atoms with E-state index >= 15 is 0 Å². The molecule has 6 nitrogen and oxygen atoms in total. The number of hydrogen-bond donors (Lipinski definition) is 0. The molecule has 2 aromatic rings. The van der Waals surface area contributed by atoms with Crippen molar-refractivity contribution in [3.05, 3.63) is 65.2 Å². The minimum atomic E-state index is -3.58. The van der Waals surface area contributed by atoms with Crippen molar-refractivity contribution >= 4 is 15.9 Å². The molecule has 0 spiro atoms. The number of sulfonamides is 1. The van der Waals surface area contributed by atoms with Gasteiger partial charge in [-0.1, -0.05) is 24.3 Å². The molecule has 2 aliphatic heterocycles. The maximum absolute atomic E-state index is 12.3. The van der Waals surface area contributed by atoms with Gasteiger partial charge >= 0.3 is 0 Å². The van der Waals surface area contributed by atoms with E-state index in [0.717, 1.165) is 32.5 Å². The molecule has 0 amide bonds. The first-order valence-corrected chi connectivity index (χ1v) is 10.8. The van der Waals surface area contributed by atoms with Gasteiger partial charge in [0.15, 0.2) is 5.84 Å². The quantitative estimate of drug-likeness (QED) is 0.800. The van der Waals surface area contributed by atoms with Gasteiger partial charge < -0.3 is 4.90 Å². The summed E-state index contributed by atoms with van der Waals surface area (Å²) in [4.78, 5) is 4.73. The summed E-state index contributed by atoms with van der Waals surface area (Å²) < 4.78 is 28.7. The van der Waals surface area contributed by atoms with E-state index in [4.69, 9.17) is 5.26 Å². The fourth-order valence-electron chi connectivity index (χ4n) is 3.92. The molecule has 0 aliphatic carbocycles. The Bertz CT molecular complexity index is 1050. The van der Waals surface area contributed by atoms with Crippen molar-refractivity contribution in [3.63, 3.8) is 0 Å². The van der Waals surface area contributed by atoms with E-state index < -0.39 is 10.0 Å². The molecule has 7 heteroatoms. The lowest BCUT2D eigenvalue weighted by atomic mass is 10.0. The fraction of sp³-hybridized carbons (Fsp3) is 0.333. The van der Waals surface area contributed by atoms with Crippen LogP contribution in [0.15, 0.2) is 57.8 Å². The normalized spacial score (nSPS) is 18.9. The topological polar surface area (TPSA) is 76.8 Å². The highest BCUT2D eigenvalue weighted by Gasteiger charge is 2.33. The van der Waals surface area contributed by atoms with E-state index in [9.17, 15) is 8.42 Å². The highest BCUT2D eigenvalue weighted by molar-refractivity contribution is 7.90. The summed E-state index contributed by atoms with van der Waals surface area (Å²) in [6.45, 7) is 2.74. The summed E-state index contributed by atoms with van der Waals surface area (Å²) >= 11 is 0. The van der Waals surface area contributed by atoms with Crippen molar-refractivity contribution in [2.24, 2.45) is 4.40 Å². The number of likely N-dealkylation sites (tertiary alicyclic amines) is 1. The van der Waals surface area contributed by atoms with Crippen molar-refractivity contribution < 1.29 is 8.42 Å². The van der Waals surface area contributed by atoms with Gasteiger partial charge in [-0.05, 0) is 42.7 Å². The number of fused-ring (bicyclic) bond motifs is 1. The van der Waals surface area contributed by atoms with Gasteiger partial charge in [-0.3, -0.25) is 4.90 Å². The van der Waals surface area contributed by atoms with Crippen LogP contribution in [-0.2, 0) is 16.6 Å². The second-order valence-electron chi connectivity index (χ2n) is 7.31. The van der Waals surface area contributed by atoms with Gasteiger partial charge in [-0.2, -0.15) is 13.7 Å². The summed E-state index contributed by atoms with van der Waals surface area (Å²) in [6, 6.07) is 17.2. The Labute approximate surface area is 165 Å². The summed E-state index contributed by atoms with van der Waals surface area (Å²) in [5, 5.41) is 8.90. The maximum Gasteiger partial charge on any atom is 0.285 e. The predicted octanol–water partition coefficient (Wildman–Crippen LogP) is 2.60. The molecule has 0 aromatic heterocycles. The molecule has 28 heavy (non-hydrogen) atoms. The number of piperidine rings is 1. The van der Waals surface area contributed by atoms with Crippen LogP contribution in [0.3, 0.4) is 0 Å². The molecular weight excluding hydrogens is 372 g/mol. The van der Waals surface area contributed by atoms with Crippen molar-refractivity contribution in [3.8, 4) is 6.07 Å². The van der Waals surface area contributed by atoms with Crippen LogP contribution in [0.2, 0.25) is 0 Å². The smallest absolute Gasteiger partial charge is 0.285 e. The highest BCUT2D eigenvalue weighted by Crippen LogP contribution is 2.29. The molecule has 2 aromatic carbocycles. The van der Waals surface area contributed by atoms with Crippen molar-refractivity contribution in [1.82, 2.24) is 9.80 Å². The molecule has 0 bridgehead atoms. The number of hydrogen-bond acceptors (Lipinski definition) is 5. The molecule has 4 rings (SSSR count). The first-order chi connectivity index (χ1) is 13.5. The Kier molecular flexibility index (Phi) is 4.92. The third kappa shape index (κ3) is 3.53. The molecule has 2 heterocycles. The van der Waals surface area contributed by atoms with E-state index in [1.54, 1.807) is 12.1 Å². The number of rotatable bonds is 3. The van der Waals surface area contributed by atoms with Crippen molar-refractivity contribution in [2.75, 3.05) is 20.1 Å². The molecule has 0 atom stereocenters. The lowest BCUT2D eigenvalue weighted by Gasteiger charge is -2.37. The van der Waals surface area contributed by atoms with Crippen molar-refractivity contribution in [2.45, 2.75) is 30.3 Å². The van der Waals surface area contributed by atoms with E-state index in [1.165, 1.54) is 5.56 Å². The van der Waals surface area contributed by atoms with Crippen LogP contribution in [0.5, 0.6) is 0 Å². The number of nitrogens with zero attached hydrogens (tertiary/aromatic N) is 4. The van der Waals surface area contributed by atoms with Crippen LogP contribution < -0.4 is 0 Å². The molecule has 1 fully saturated rings. The van der Waals surface area contributed by atoms with Gasteiger partial charge in [0.25, 0.3) is 10.0 Å². The zero-order valence-electron chi connectivity index (χ0n) is 15.7. The average Bonchev–Trinajstić information content (AvgIpc) is 3.00. The van der Waals surface area contributed by atoms with Crippen LogP contribution in [0.4, 0.5) is 0 Å². The summed E-state index contributed by atoms with van der Waals surface area (Å²) in [6.07, 6.45) is 1.90. The lowest BCUT2D eigenvalue weighted by molar-refractivity contribution is 0.160. The van der Waals surface area contributed by atoms with Crippen LogP contribution in [0, 0.1) is 11.3 Å². The van der Waals surface area contributed by atoms with E-state index in [2.05, 4.69) is 15.4 Å². The second-order valence-corrected chi connectivity index (χ2v) is 8.89. The fourth-order valence-corrected chi connectivity index (χ4v) is 5.16. The molecule has 2 aliphatic rings. The van der Waals surface area contributed by atoms with Gasteiger partial charge in [0.1, 0.15) is 4.90 Å². The zero-order valence-corrected chi connectivity index (χ0v) is 16.6. The lowest BCUT2D eigenvalue weighted by Crippen LogP contribution is -2.45. The minimum Gasteiger partial charge on any atom is -0.355 e. The minimum absolute atomic E-state index is 0.261. The van der Waals surface area contributed by atoms with E-state index in [0.29, 0.717) is 21.9 Å². The Hall–Kier alpha value is -2.69. The van der Waals surface area contributed by atoms with Gasteiger partial charge in [-0.25, -0.2) is 0 Å². The summed E-state index contributed by atoms with van der Waals surface area (Å²) in [5.41, 5.74) is 2.58. The standard InChI is InChI=1S/C21H22N4O2S/c1-24(21-19-4-2-3-5-20(19)28(26,27)23-21)18-10-12-25(13-11-18)15-17-8-6-16(14-22)7-9-17/h2-9,18H,10-13,15H2,1H3. The highest BCUT2D eigenvalue weighted by atomic mass is 32.2. The maximum atomic E-state index is 12.3. The first kappa shape index (κ1) is 18.7. The van der Waals surface area contributed by atoms with Gasteiger partial charge in [0.05, 0.1) is 11.6 Å². The van der Waals surface area contributed by atoms with Gasteiger partial charge in [0.2, 0.25) is 0 Å². The number of nitriles is 1. The van der Waals surface area contributed by atoms with Gasteiger partial charge in [-0.15, -0.1) is 4.40 Å². The molecule has 1 saturated heterocycles. The molecule has 0 saturated carbocycles. The van der Waals surface area contributed by atoms with Crippen LogP contribution in [0.25, 0.3) is 0 Å². The molecule has 0 radical (unpaired) electrons. The second kappa shape index (κ2) is 7.38. The van der Waals surface area contributed by atoms with E-state index in [-0.39, 0.29) is 6.04 Å². The number of amidine groups is 1. The Morgan fingerprint density at radius 1 is 1.14 bits per heavy atom. The zero-order chi connectivity index (χ0) is 19.7. The summed E-state index contributed by atoms with van der Waals surface area (Å²) in [5.74, 6) is 0.557. The Morgan fingerprint density at radius 3 is 2.50 bits per heavy atom. The van der Waals surface area contributed by atoms with E-state index in [1.807, 2.05) is 48.3 Å². The molecule has 144 valence electrons. The Morgan fingerprint density at radius 2 is 1.82 bits per heavy atom. The monoisotopic (exact) mass is 394 g/mol. The SMILES string of the molecule is CN(C1=NS(=O)(=O)c2ccccc21)C1CCN(Cc2ccc(C#N)cc2)CC1. The third-order valence-electron chi connectivity index (χ3n) is 5.54. The van der Waals surface area contributed by atoms with Gasteiger partial charge in [0, 0.05) is 38.3 Å². The Balaban J connectivity index is 1.41. The average molecular weight is 395 g/mol. The summed E-state index contributed by atoms with van der Waals surface area (Å²) in [7, 11) is -1.64. The molecular formula is C21H22N4O2S. The van der Waals surface area contributed by atoms with Crippen molar-refractivity contribution in [1.29, 1.82) is 5.26 Å². The third-order valence-corrected chi connectivity index (χ3v) is 6.87. The van der Waals surface area contributed by atoms with Crippen LogP contribution in [-0.4, -0.2) is 50.2 Å². The predicted molar refractivity (Wildman–Crippen MR) is 107 cm³/mol. The van der Waals surface area contributed by atoms with Crippen LogP contribution in [0.1, 0.15) is 29.5 Å². The largest absolute Gasteiger partial charge is 0.355 e. The molecule has 0 N–H and O–H groups in total. The van der Waals surface area contributed by atoms with Crippen LogP contribution >= 0.6 is 0 Å². The number of benzene rings is 2. The molecule has 0 unspecified atom stereocenters.